The van der Waals surface area contributed by atoms with Gasteiger partial charge in [0.15, 0.2) is 0 Å². The lowest BCUT2D eigenvalue weighted by Crippen LogP contribution is -2.23. The molecule has 1 atom stereocenters. The number of carbonyl (C=O) groups is 1. The zero-order valence-corrected chi connectivity index (χ0v) is 14.0. The molecule has 6 nitrogen and oxygen atoms in total. The van der Waals surface area contributed by atoms with Crippen LogP contribution >= 0.6 is 0 Å². The number of benzene rings is 2. The highest BCUT2D eigenvalue weighted by molar-refractivity contribution is 5.92. The van der Waals surface area contributed by atoms with Crippen LogP contribution in [0, 0.1) is 0 Å². The van der Waals surface area contributed by atoms with E-state index in [0.717, 1.165) is 22.3 Å². The summed E-state index contributed by atoms with van der Waals surface area (Å²) in [6, 6.07) is 15.7. The Morgan fingerprint density at radius 3 is 2.56 bits per heavy atom. The van der Waals surface area contributed by atoms with Gasteiger partial charge in [-0.2, -0.15) is 0 Å². The van der Waals surface area contributed by atoms with Gasteiger partial charge in [0.2, 0.25) is 5.95 Å². The van der Waals surface area contributed by atoms with E-state index in [0.29, 0.717) is 5.95 Å². The number of carboxylic acid groups (broad SMARTS) is 1. The second-order valence-corrected chi connectivity index (χ2v) is 6.24. The van der Waals surface area contributed by atoms with Crippen molar-refractivity contribution in [3.8, 4) is 0 Å². The van der Waals surface area contributed by atoms with Gasteiger partial charge in [0.1, 0.15) is 5.70 Å². The molecule has 2 heterocycles. The summed E-state index contributed by atoms with van der Waals surface area (Å²) in [5.41, 5.74) is 4.04. The van der Waals surface area contributed by atoms with Crippen LogP contribution in [-0.2, 0) is 4.79 Å². The first-order chi connectivity index (χ1) is 12.0. The van der Waals surface area contributed by atoms with E-state index in [1.807, 2.05) is 72.1 Å². The summed E-state index contributed by atoms with van der Waals surface area (Å²) < 4.78 is 2.03. The molecular weight excluding hydrogens is 316 g/mol. The van der Waals surface area contributed by atoms with Crippen LogP contribution in [-0.4, -0.2) is 34.7 Å². The Balaban J connectivity index is 1.89. The molecule has 0 saturated carbocycles. The fraction of sp³-hybridized carbons (Fsp3) is 0.158. The van der Waals surface area contributed by atoms with E-state index < -0.39 is 5.97 Å². The number of hydrogen-bond acceptors (Lipinski definition) is 4. The number of rotatable bonds is 3. The number of hydrogen-bond donors (Lipinski definition) is 2. The van der Waals surface area contributed by atoms with Crippen LogP contribution in [0.25, 0.3) is 11.0 Å². The van der Waals surface area contributed by atoms with Crippen LogP contribution in [0.4, 0.5) is 11.6 Å². The van der Waals surface area contributed by atoms with E-state index in [1.54, 1.807) is 6.08 Å². The highest BCUT2D eigenvalue weighted by atomic mass is 16.4. The lowest BCUT2D eigenvalue weighted by Gasteiger charge is -2.25. The fourth-order valence-electron chi connectivity index (χ4n) is 3.15. The van der Waals surface area contributed by atoms with Gasteiger partial charge in [-0.05, 0) is 35.9 Å². The molecule has 4 rings (SSSR count). The van der Waals surface area contributed by atoms with Gasteiger partial charge in [0.25, 0.3) is 0 Å². The summed E-state index contributed by atoms with van der Waals surface area (Å²) in [7, 11) is 3.98. The third-order valence-corrected chi connectivity index (χ3v) is 4.43. The number of aromatic nitrogens is 2. The number of allylic oxidation sites excluding steroid dienone is 1. The summed E-state index contributed by atoms with van der Waals surface area (Å²) in [4.78, 5) is 18.1. The van der Waals surface area contributed by atoms with E-state index in [2.05, 4.69) is 10.3 Å². The Morgan fingerprint density at radius 1 is 1.16 bits per heavy atom. The maximum absolute atomic E-state index is 11.5. The minimum atomic E-state index is -0.992. The zero-order valence-electron chi connectivity index (χ0n) is 14.0. The number of carboxylic acids is 1. The smallest absolute Gasteiger partial charge is 0.352 e. The number of nitrogens with one attached hydrogen (secondary N) is 1. The van der Waals surface area contributed by atoms with E-state index in [-0.39, 0.29) is 11.7 Å². The first-order valence-corrected chi connectivity index (χ1v) is 8.01. The topological polar surface area (TPSA) is 70.4 Å². The molecule has 6 heteroatoms. The van der Waals surface area contributed by atoms with Crippen LogP contribution in [0.2, 0.25) is 0 Å². The third-order valence-electron chi connectivity index (χ3n) is 4.43. The number of anilines is 2. The van der Waals surface area contributed by atoms with Crippen molar-refractivity contribution in [3.05, 3.63) is 65.9 Å². The number of nitrogens with zero attached hydrogens (tertiary/aromatic N) is 3. The van der Waals surface area contributed by atoms with Crippen molar-refractivity contribution in [2.24, 2.45) is 0 Å². The Morgan fingerprint density at radius 2 is 1.88 bits per heavy atom. The molecule has 0 radical (unpaired) electrons. The molecule has 1 aliphatic heterocycles. The lowest BCUT2D eigenvalue weighted by molar-refractivity contribution is -0.132. The predicted octanol–water partition coefficient (Wildman–Crippen LogP) is 3.09. The molecule has 126 valence electrons. The molecule has 0 saturated heterocycles. The second-order valence-electron chi connectivity index (χ2n) is 6.24. The van der Waals surface area contributed by atoms with Crippen LogP contribution in [0.1, 0.15) is 11.6 Å². The normalized spacial score (nSPS) is 16.1. The van der Waals surface area contributed by atoms with Gasteiger partial charge < -0.3 is 15.3 Å². The van der Waals surface area contributed by atoms with Gasteiger partial charge >= 0.3 is 5.97 Å². The molecule has 0 fully saturated rings. The SMILES string of the molecule is CN(C)c1ccc([C@H]2C=C(C(=O)O)Nc3nc4ccccc4n32)cc1. The molecule has 0 aliphatic carbocycles. The molecular formula is C19H18N4O2. The van der Waals surface area contributed by atoms with Crippen molar-refractivity contribution in [2.45, 2.75) is 6.04 Å². The zero-order chi connectivity index (χ0) is 17.6. The van der Waals surface area contributed by atoms with Gasteiger partial charge in [-0.15, -0.1) is 0 Å². The quantitative estimate of drug-likeness (QED) is 0.770. The molecule has 2 N–H and O–H groups in total. The molecule has 0 spiro atoms. The fourth-order valence-corrected chi connectivity index (χ4v) is 3.15. The minimum absolute atomic E-state index is 0.143. The molecule has 25 heavy (non-hydrogen) atoms. The van der Waals surface area contributed by atoms with Gasteiger partial charge in [-0.25, -0.2) is 9.78 Å². The molecule has 0 amide bonds. The summed E-state index contributed by atoms with van der Waals surface area (Å²) in [6.45, 7) is 0. The summed E-state index contributed by atoms with van der Waals surface area (Å²) in [5, 5.41) is 12.4. The Hall–Kier alpha value is -3.28. The Kier molecular flexibility index (Phi) is 3.46. The standard InChI is InChI=1S/C19H18N4O2/c1-22(2)13-9-7-12(8-10-13)17-11-15(18(24)25)21-19-20-14-5-3-4-6-16(14)23(17)19/h3-11,17H,1-2H3,(H,20,21)(H,24,25)/t17-/m1/s1. The minimum Gasteiger partial charge on any atom is -0.477 e. The first-order valence-electron chi connectivity index (χ1n) is 8.01. The lowest BCUT2D eigenvalue weighted by atomic mass is 10.0. The highest BCUT2D eigenvalue weighted by Crippen LogP contribution is 2.34. The average molecular weight is 334 g/mol. The van der Waals surface area contributed by atoms with Crippen molar-refractivity contribution in [2.75, 3.05) is 24.3 Å². The van der Waals surface area contributed by atoms with Crippen molar-refractivity contribution in [1.29, 1.82) is 0 Å². The van der Waals surface area contributed by atoms with Crippen molar-refractivity contribution in [3.63, 3.8) is 0 Å². The van der Waals surface area contributed by atoms with E-state index in [1.165, 1.54) is 0 Å². The number of fused-ring (bicyclic) bond motifs is 3. The van der Waals surface area contributed by atoms with Crippen LogP contribution in [0.5, 0.6) is 0 Å². The Bertz CT molecular complexity index is 986. The molecule has 0 bridgehead atoms. The van der Waals surface area contributed by atoms with Crippen molar-refractivity contribution >= 4 is 28.6 Å². The highest BCUT2D eigenvalue weighted by Gasteiger charge is 2.27. The summed E-state index contributed by atoms with van der Waals surface area (Å²) in [5.74, 6) is -0.448. The maximum Gasteiger partial charge on any atom is 0.352 e. The van der Waals surface area contributed by atoms with Gasteiger partial charge in [0, 0.05) is 19.8 Å². The molecule has 1 aliphatic rings. The van der Waals surface area contributed by atoms with Gasteiger partial charge in [0.05, 0.1) is 17.1 Å². The predicted molar refractivity (Wildman–Crippen MR) is 98.0 cm³/mol. The molecule has 3 aromatic rings. The number of para-hydroxylation sites is 2. The van der Waals surface area contributed by atoms with E-state index in [9.17, 15) is 9.90 Å². The van der Waals surface area contributed by atoms with E-state index >= 15 is 0 Å². The number of imidazole rings is 1. The first kappa shape index (κ1) is 15.3. The Labute approximate surface area is 145 Å². The molecule has 2 aromatic carbocycles. The number of aliphatic carboxylic acids is 1. The molecule has 0 unspecified atom stereocenters. The monoisotopic (exact) mass is 334 g/mol. The van der Waals surface area contributed by atoms with Gasteiger partial charge in [-0.3, -0.25) is 4.57 Å². The van der Waals surface area contributed by atoms with Crippen LogP contribution in [0.3, 0.4) is 0 Å². The largest absolute Gasteiger partial charge is 0.477 e. The average Bonchev–Trinajstić information content (AvgIpc) is 2.99. The second kappa shape index (κ2) is 5.66. The van der Waals surface area contributed by atoms with Crippen molar-refractivity contribution < 1.29 is 9.90 Å². The van der Waals surface area contributed by atoms with Gasteiger partial charge in [-0.1, -0.05) is 24.3 Å². The third kappa shape index (κ3) is 2.52. The summed E-state index contributed by atoms with van der Waals surface area (Å²) >= 11 is 0. The van der Waals surface area contributed by atoms with E-state index in [4.69, 9.17) is 0 Å². The van der Waals surface area contributed by atoms with Crippen LogP contribution in [0.15, 0.2) is 60.3 Å². The summed E-state index contributed by atoms with van der Waals surface area (Å²) in [6.07, 6.45) is 1.73. The van der Waals surface area contributed by atoms with Crippen molar-refractivity contribution in [1.82, 2.24) is 9.55 Å². The maximum atomic E-state index is 11.5. The van der Waals surface area contributed by atoms with Crippen LogP contribution < -0.4 is 10.2 Å². The molecule has 1 aromatic heterocycles.